The monoisotopic (exact) mass is 369 g/mol. The van der Waals surface area contributed by atoms with Gasteiger partial charge in [-0.25, -0.2) is 0 Å². The Morgan fingerprint density at radius 1 is 0.714 bits per heavy atom. The Labute approximate surface area is 165 Å². The van der Waals surface area contributed by atoms with Gasteiger partial charge in [0.15, 0.2) is 0 Å². The van der Waals surface area contributed by atoms with Gasteiger partial charge in [-0.15, -0.1) is 0 Å². The number of rotatable bonds is 5. The zero-order valence-electron chi connectivity index (χ0n) is 16.4. The number of aromatic nitrogens is 1. The van der Waals surface area contributed by atoms with Crippen molar-refractivity contribution in [1.29, 1.82) is 0 Å². The Kier molecular flexibility index (Phi) is 4.98. The Balaban J connectivity index is 1.56. The summed E-state index contributed by atoms with van der Waals surface area (Å²) in [5, 5.41) is 1.10. The van der Waals surface area contributed by atoms with Crippen molar-refractivity contribution in [2.45, 2.75) is 27.2 Å². The lowest BCUT2D eigenvalue weighted by molar-refractivity contribution is 0.468. The summed E-state index contributed by atoms with van der Waals surface area (Å²) in [5.41, 5.74) is 4.44. The minimum atomic E-state index is 0.776. The van der Waals surface area contributed by atoms with Crippen LogP contribution in [0.25, 0.3) is 10.9 Å². The fourth-order valence-corrected chi connectivity index (χ4v) is 3.25. The molecule has 0 saturated carbocycles. The number of ether oxygens (including phenoxy) is 2. The van der Waals surface area contributed by atoms with Crippen molar-refractivity contribution in [2.75, 3.05) is 0 Å². The maximum Gasteiger partial charge on any atom is 0.131 e. The van der Waals surface area contributed by atoms with Gasteiger partial charge in [0, 0.05) is 11.1 Å². The molecule has 0 N–H and O–H groups in total. The van der Waals surface area contributed by atoms with Gasteiger partial charge in [-0.3, -0.25) is 4.98 Å². The largest absolute Gasteiger partial charge is 0.457 e. The van der Waals surface area contributed by atoms with E-state index in [2.05, 4.69) is 39.0 Å². The summed E-state index contributed by atoms with van der Waals surface area (Å²) in [7, 11) is 0. The van der Waals surface area contributed by atoms with Crippen LogP contribution in [0.5, 0.6) is 23.0 Å². The second-order valence-electron chi connectivity index (χ2n) is 6.90. The predicted octanol–water partition coefficient (Wildman–Crippen LogP) is 7.00. The second-order valence-corrected chi connectivity index (χ2v) is 6.90. The lowest BCUT2D eigenvalue weighted by atomic mass is 10.1. The number of hydrogen-bond acceptors (Lipinski definition) is 3. The molecular formula is C25H23NO2. The first-order valence-electron chi connectivity index (χ1n) is 9.54. The van der Waals surface area contributed by atoms with Crippen LogP contribution in [0.1, 0.15) is 23.7 Å². The zero-order chi connectivity index (χ0) is 19.5. The van der Waals surface area contributed by atoms with Crippen molar-refractivity contribution in [2.24, 2.45) is 0 Å². The van der Waals surface area contributed by atoms with Crippen molar-refractivity contribution in [3.63, 3.8) is 0 Å². The SMILES string of the molecule is CCc1nc2cc(C)c(Oc3ccc(Oc4ccccc4)cc3)cc2cc1C. The molecule has 4 aromatic rings. The molecule has 140 valence electrons. The summed E-state index contributed by atoms with van der Waals surface area (Å²) in [6, 6.07) is 23.8. The third kappa shape index (κ3) is 3.84. The number of para-hydroxylation sites is 1. The minimum Gasteiger partial charge on any atom is -0.457 e. The smallest absolute Gasteiger partial charge is 0.131 e. The van der Waals surface area contributed by atoms with Gasteiger partial charge in [0.1, 0.15) is 23.0 Å². The number of pyridine rings is 1. The van der Waals surface area contributed by atoms with Gasteiger partial charge in [-0.1, -0.05) is 25.1 Å². The van der Waals surface area contributed by atoms with Gasteiger partial charge in [0.25, 0.3) is 0 Å². The van der Waals surface area contributed by atoms with Crippen LogP contribution >= 0.6 is 0 Å². The maximum atomic E-state index is 6.14. The average Bonchev–Trinajstić information content (AvgIpc) is 2.71. The van der Waals surface area contributed by atoms with E-state index < -0.39 is 0 Å². The summed E-state index contributed by atoms with van der Waals surface area (Å²) in [6.07, 6.45) is 0.941. The van der Waals surface area contributed by atoms with E-state index in [-0.39, 0.29) is 0 Å². The number of hydrogen-bond donors (Lipinski definition) is 0. The van der Waals surface area contributed by atoms with E-state index in [4.69, 9.17) is 14.5 Å². The summed E-state index contributed by atoms with van der Waals surface area (Å²) < 4.78 is 12.0. The van der Waals surface area contributed by atoms with Crippen LogP contribution in [-0.4, -0.2) is 4.98 Å². The van der Waals surface area contributed by atoms with Crippen LogP contribution in [0, 0.1) is 13.8 Å². The third-order valence-electron chi connectivity index (χ3n) is 4.77. The zero-order valence-corrected chi connectivity index (χ0v) is 16.4. The Bertz CT molecular complexity index is 1100. The molecule has 1 aromatic heterocycles. The Morgan fingerprint density at radius 2 is 1.36 bits per heavy atom. The molecule has 0 amide bonds. The Morgan fingerprint density at radius 3 is 2.04 bits per heavy atom. The van der Waals surface area contributed by atoms with Crippen molar-refractivity contribution in [3.05, 3.63) is 89.6 Å². The third-order valence-corrected chi connectivity index (χ3v) is 4.77. The molecule has 0 aliphatic rings. The molecule has 3 nitrogen and oxygen atoms in total. The van der Waals surface area contributed by atoms with Gasteiger partial charge < -0.3 is 9.47 Å². The molecule has 0 bridgehead atoms. The summed E-state index contributed by atoms with van der Waals surface area (Å²) in [6.45, 7) is 6.29. The van der Waals surface area contributed by atoms with Crippen molar-refractivity contribution in [3.8, 4) is 23.0 Å². The molecule has 0 aliphatic heterocycles. The molecule has 28 heavy (non-hydrogen) atoms. The fraction of sp³-hybridized carbons (Fsp3) is 0.160. The fourth-order valence-electron chi connectivity index (χ4n) is 3.25. The summed E-state index contributed by atoms with van der Waals surface area (Å²) in [5.74, 6) is 3.21. The highest BCUT2D eigenvalue weighted by atomic mass is 16.5. The number of benzene rings is 3. The molecule has 0 spiro atoms. The van der Waals surface area contributed by atoms with Crippen molar-refractivity contribution < 1.29 is 9.47 Å². The molecule has 0 fully saturated rings. The first-order valence-corrected chi connectivity index (χ1v) is 9.54. The summed E-state index contributed by atoms with van der Waals surface area (Å²) in [4.78, 5) is 4.78. The molecular weight excluding hydrogens is 346 g/mol. The predicted molar refractivity (Wildman–Crippen MR) is 114 cm³/mol. The molecule has 0 radical (unpaired) electrons. The Hall–Kier alpha value is -3.33. The number of fused-ring (bicyclic) bond motifs is 1. The van der Waals surface area contributed by atoms with Crippen LogP contribution in [0.3, 0.4) is 0 Å². The van der Waals surface area contributed by atoms with Crippen LogP contribution < -0.4 is 9.47 Å². The normalized spacial score (nSPS) is 10.8. The van der Waals surface area contributed by atoms with E-state index in [1.54, 1.807) is 0 Å². The first kappa shape index (κ1) is 18.1. The maximum absolute atomic E-state index is 6.14. The lowest BCUT2D eigenvalue weighted by Crippen LogP contribution is -1.95. The molecule has 0 unspecified atom stereocenters. The summed E-state index contributed by atoms with van der Waals surface area (Å²) >= 11 is 0. The van der Waals surface area contributed by atoms with Gasteiger partial charge in [-0.2, -0.15) is 0 Å². The molecule has 4 rings (SSSR count). The van der Waals surface area contributed by atoms with Crippen molar-refractivity contribution in [1.82, 2.24) is 4.98 Å². The van der Waals surface area contributed by atoms with Crippen molar-refractivity contribution >= 4 is 10.9 Å². The van der Waals surface area contributed by atoms with Gasteiger partial charge in [-0.05, 0) is 86.0 Å². The lowest BCUT2D eigenvalue weighted by Gasteiger charge is -2.12. The van der Waals surface area contributed by atoms with Gasteiger partial charge in [0.05, 0.1) is 5.52 Å². The topological polar surface area (TPSA) is 31.4 Å². The van der Waals surface area contributed by atoms with E-state index in [1.807, 2.05) is 54.6 Å². The molecule has 0 aliphatic carbocycles. The highest BCUT2D eigenvalue weighted by Crippen LogP contribution is 2.31. The van der Waals surface area contributed by atoms with Gasteiger partial charge in [0.2, 0.25) is 0 Å². The first-order chi connectivity index (χ1) is 13.6. The van der Waals surface area contributed by atoms with E-state index in [9.17, 15) is 0 Å². The minimum absolute atomic E-state index is 0.776. The highest BCUT2D eigenvalue weighted by Gasteiger charge is 2.08. The molecule has 0 atom stereocenters. The van der Waals surface area contributed by atoms with Crippen LogP contribution in [0.2, 0.25) is 0 Å². The van der Waals surface area contributed by atoms with Gasteiger partial charge >= 0.3 is 0 Å². The second kappa shape index (κ2) is 7.73. The van der Waals surface area contributed by atoms with Crippen LogP contribution in [0.4, 0.5) is 0 Å². The molecule has 3 aromatic carbocycles. The molecule has 1 heterocycles. The quantitative estimate of drug-likeness (QED) is 0.379. The molecule has 0 saturated heterocycles. The highest BCUT2D eigenvalue weighted by molar-refractivity contribution is 5.82. The number of aryl methyl sites for hydroxylation is 3. The number of nitrogens with zero attached hydrogens (tertiary/aromatic N) is 1. The van der Waals surface area contributed by atoms with E-state index in [0.29, 0.717) is 0 Å². The average molecular weight is 369 g/mol. The standard InChI is InChI=1S/C25H23NO2/c1-4-23-17(2)14-19-16-25(18(3)15-24(19)26-23)28-22-12-10-21(11-13-22)27-20-8-6-5-7-9-20/h5-16H,4H2,1-3H3. The van der Waals surface area contributed by atoms with E-state index in [0.717, 1.165) is 51.6 Å². The van der Waals surface area contributed by atoms with E-state index >= 15 is 0 Å². The van der Waals surface area contributed by atoms with Crippen LogP contribution in [-0.2, 0) is 6.42 Å². The van der Waals surface area contributed by atoms with E-state index in [1.165, 1.54) is 5.56 Å². The molecule has 3 heteroatoms. The van der Waals surface area contributed by atoms with Crippen LogP contribution in [0.15, 0.2) is 72.8 Å².